The van der Waals surface area contributed by atoms with Crippen LogP contribution >= 0.6 is 11.8 Å². The summed E-state index contributed by atoms with van der Waals surface area (Å²) in [6.45, 7) is 1.39. The number of amides is 1. The van der Waals surface area contributed by atoms with Gasteiger partial charge < -0.3 is 14.8 Å². The largest absolute Gasteiger partial charge is 0.497 e. The Morgan fingerprint density at radius 3 is 2.24 bits per heavy atom. The molecule has 0 aliphatic rings. The number of carbonyl (C=O) groups excluding carboxylic acids is 1. The first-order valence-corrected chi connectivity index (χ1v) is 14.0. The topological polar surface area (TPSA) is 84.9 Å². The fraction of sp³-hybridized carbons (Fsp3) is 0.138. The molecule has 0 heterocycles. The first-order chi connectivity index (χ1) is 18.3. The molecule has 38 heavy (non-hydrogen) atoms. The molecule has 0 aliphatic carbocycles. The minimum atomic E-state index is -4.14. The molecule has 7 nitrogen and oxygen atoms in total. The van der Waals surface area contributed by atoms with Crippen molar-refractivity contribution >= 4 is 39.1 Å². The van der Waals surface area contributed by atoms with Crippen LogP contribution in [0.25, 0.3) is 0 Å². The number of benzene rings is 4. The van der Waals surface area contributed by atoms with Gasteiger partial charge in [0.15, 0.2) is 0 Å². The van der Waals surface area contributed by atoms with Gasteiger partial charge in [-0.3, -0.25) is 9.10 Å². The quantitative estimate of drug-likeness (QED) is 0.262. The van der Waals surface area contributed by atoms with Gasteiger partial charge in [0, 0.05) is 15.9 Å². The average Bonchev–Trinajstić information content (AvgIpc) is 2.93. The number of ether oxygens (including phenoxy) is 2. The van der Waals surface area contributed by atoms with Crippen LogP contribution in [-0.4, -0.2) is 35.1 Å². The Morgan fingerprint density at radius 2 is 1.55 bits per heavy atom. The molecule has 0 atom stereocenters. The summed E-state index contributed by atoms with van der Waals surface area (Å²) in [5.74, 6) is 0.205. The second kappa shape index (κ2) is 12.1. The van der Waals surface area contributed by atoms with E-state index in [1.54, 1.807) is 30.3 Å². The van der Waals surface area contributed by atoms with Crippen LogP contribution in [0.5, 0.6) is 11.5 Å². The number of nitrogens with zero attached hydrogens (tertiary/aromatic N) is 1. The minimum absolute atomic E-state index is 0.0563. The van der Waals surface area contributed by atoms with E-state index >= 15 is 0 Å². The van der Waals surface area contributed by atoms with Gasteiger partial charge in [-0.05, 0) is 55.5 Å². The van der Waals surface area contributed by atoms with Crippen molar-refractivity contribution in [2.45, 2.75) is 21.6 Å². The maximum absolute atomic E-state index is 13.9. The Hall–Kier alpha value is -3.95. The number of nitrogens with one attached hydrogen (secondary N) is 1. The summed E-state index contributed by atoms with van der Waals surface area (Å²) < 4.78 is 39.5. The van der Waals surface area contributed by atoms with Crippen molar-refractivity contribution in [3.63, 3.8) is 0 Å². The molecular formula is C29H28N2O5S2. The lowest BCUT2D eigenvalue weighted by atomic mass is 10.2. The molecule has 0 aliphatic heterocycles. The van der Waals surface area contributed by atoms with E-state index in [9.17, 15) is 13.2 Å². The zero-order valence-electron chi connectivity index (χ0n) is 21.2. The molecule has 4 rings (SSSR count). The third kappa shape index (κ3) is 6.30. The van der Waals surface area contributed by atoms with Gasteiger partial charge in [0.25, 0.3) is 10.0 Å². The van der Waals surface area contributed by atoms with Crippen molar-refractivity contribution in [3.8, 4) is 11.5 Å². The van der Waals surface area contributed by atoms with Crippen LogP contribution in [0, 0.1) is 6.92 Å². The smallest absolute Gasteiger partial charge is 0.264 e. The maximum atomic E-state index is 13.9. The summed E-state index contributed by atoms with van der Waals surface area (Å²) in [6, 6.07) is 28.5. The number of sulfonamides is 1. The molecule has 0 unspecified atom stereocenters. The second-order valence-electron chi connectivity index (χ2n) is 8.32. The predicted octanol–water partition coefficient (Wildman–Crippen LogP) is 6.00. The summed E-state index contributed by atoms with van der Waals surface area (Å²) in [5, 5.41) is 2.89. The number of para-hydroxylation sites is 1. The Kier molecular flexibility index (Phi) is 8.60. The van der Waals surface area contributed by atoms with Crippen LogP contribution in [0.15, 0.2) is 112 Å². The van der Waals surface area contributed by atoms with E-state index in [1.165, 1.54) is 44.2 Å². The Bertz CT molecular complexity index is 1510. The number of aryl methyl sites for hydroxylation is 1. The van der Waals surface area contributed by atoms with Gasteiger partial charge in [0.05, 0.1) is 30.5 Å². The van der Waals surface area contributed by atoms with Crippen LogP contribution in [0.1, 0.15) is 5.56 Å². The van der Waals surface area contributed by atoms with E-state index in [2.05, 4.69) is 5.32 Å². The number of carbonyl (C=O) groups is 1. The lowest BCUT2D eigenvalue weighted by molar-refractivity contribution is -0.114. The van der Waals surface area contributed by atoms with E-state index < -0.39 is 22.5 Å². The van der Waals surface area contributed by atoms with E-state index in [4.69, 9.17) is 9.47 Å². The molecule has 9 heteroatoms. The fourth-order valence-corrected chi connectivity index (χ4v) is 6.07. The molecule has 0 bridgehead atoms. The van der Waals surface area contributed by atoms with Gasteiger partial charge in [-0.2, -0.15) is 0 Å². The molecule has 0 saturated carbocycles. The van der Waals surface area contributed by atoms with Crippen LogP contribution in [0.4, 0.5) is 11.4 Å². The van der Waals surface area contributed by atoms with Crippen molar-refractivity contribution in [3.05, 3.63) is 103 Å². The molecule has 0 saturated heterocycles. The molecule has 1 amide bonds. The summed E-state index contributed by atoms with van der Waals surface area (Å²) in [6.07, 6.45) is 0. The van der Waals surface area contributed by atoms with Gasteiger partial charge in [0.1, 0.15) is 18.0 Å². The molecule has 196 valence electrons. The first-order valence-electron chi connectivity index (χ1n) is 11.7. The van der Waals surface area contributed by atoms with Gasteiger partial charge >= 0.3 is 0 Å². The third-order valence-corrected chi connectivity index (χ3v) is 8.54. The number of rotatable bonds is 10. The number of hydrogen-bond donors (Lipinski definition) is 1. The zero-order chi connectivity index (χ0) is 27.1. The van der Waals surface area contributed by atoms with Crippen LogP contribution in [-0.2, 0) is 14.8 Å². The highest BCUT2D eigenvalue weighted by Gasteiger charge is 2.30. The highest BCUT2D eigenvalue weighted by atomic mass is 32.2. The Balaban J connectivity index is 1.69. The maximum Gasteiger partial charge on any atom is 0.264 e. The number of anilines is 2. The van der Waals surface area contributed by atoms with E-state index in [0.717, 1.165) is 19.7 Å². The zero-order valence-corrected chi connectivity index (χ0v) is 22.9. The Labute approximate surface area is 227 Å². The lowest BCUT2D eigenvalue weighted by Gasteiger charge is -2.26. The van der Waals surface area contributed by atoms with Gasteiger partial charge in [-0.1, -0.05) is 59.8 Å². The van der Waals surface area contributed by atoms with E-state index in [0.29, 0.717) is 11.4 Å². The first kappa shape index (κ1) is 27.1. The lowest BCUT2D eigenvalue weighted by Crippen LogP contribution is -2.38. The number of methoxy groups -OCH3 is 2. The standard InChI is InChI=1S/C29H28N2O5S2/c1-21-13-16-24(17-14-21)38(33,34)31(26-19-22(35-2)15-18-27(26)36-3)20-29(32)30-25-11-7-8-12-28(25)37-23-9-5-4-6-10-23/h4-19H,20H2,1-3H3,(H,30,32). The number of hydrogen-bond acceptors (Lipinski definition) is 6. The van der Waals surface area contributed by atoms with E-state index in [1.807, 2.05) is 55.5 Å². The fourth-order valence-electron chi connectivity index (χ4n) is 3.72. The SMILES string of the molecule is COc1ccc(OC)c(N(CC(=O)Nc2ccccc2Sc2ccccc2)S(=O)(=O)c2ccc(C)cc2)c1. The predicted molar refractivity (Wildman–Crippen MR) is 151 cm³/mol. The minimum Gasteiger partial charge on any atom is -0.497 e. The highest BCUT2D eigenvalue weighted by Crippen LogP contribution is 2.36. The van der Waals surface area contributed by atoms with Crippen molar-refractivity contribution in [2.24, 2.45) is 0 Å². The summed E-state index contributed by atoms with van der Waals surface area (Å²) in [7, 11) is -1.21. The monoisotopic (exact) mass is 548 g/mol. The third-order valence-electron chi connectivity index (χ3n) is 5.68. The van der Waals surface area contributed by atoms with E-state index in [-0.39, 0.29) is 16.3 Å². The van der Waals surface area contributed by atoms with Gasteiger partial charge in [-0.15, -0.1) is 0 Å². The molecule has 4 aromatic carbocycles. The summed E-state index contributed by atoms with van der Waals surface area (Å²) in [4.78, 5) is 15.3. The highest BCUT2D eigenvalue weighted by molar-refractivity contribution is 7.99. The van der Waals surface area contributed by atoms with Gasteiger partial charge in [-0.25, -0.2) is 8.42 Å². The average molecular weight is 549 g/mol. The summed E-state index contributed by atoms with van der Waals surface area (Å²) in [5.41, 5.74) is 1.69. The van der Waals surface area contributed by atoms with Crippen molar-refractivity contribution in [1.29, 1.82) is 0 Å². The van der Waals surface area contributed by atoms with Crippen LogP contribution in [0.2, 0.25) is 0 Å². The van der Waals surface area contributed by atoms with Crippen LogP contribution in [0.3, 0.4) is 0 Å². The second-order valence-corrected chi connectivity index (χ2v) is 11.3. The molecule has 4 aromatic rings. The molecule has 0 spiro atoms. The Morgan fingerprint density at radius 1 is 0.868 bits per heavy atom. The molecule has 1 N–H and O–H groups in total. The summed E-state index contributed by atoms with van der Waals surface area (Å²) >= 11 is 1.50. The van der Waals surface area contributed by atoms with Crippen molar-refractivity contribution in [2.75, 3.05) is 30.4 Å². The normalized spacial score (nSPS) is 11.0. The molecular weight excluding hydrogens is 520 g/mol. The molecule has 0 fully saturated rings. The van der Waals surface area contributed by atoms with Crippen molar-refractivity contribution < 1.29 is 22.7 Å². The molecule has 0 aromatic heterocycles. The van der Waals surface area contributed by atoms with Crippen LogP contribution < -0.4 is 19.1 Å². The molecule has 0 radical (unpaired) electrons. The van der Waals surface area contributed by atoms with Crippen molar-refractivity contribution in [1.82, 2.24) is 0 Å². The van der Waals surface area contributed by atoms with Gasteiger partial charge in [0.2, 0.25) is 5.91 Å².